The highest BCUT2D eigenvalue weighted by atomic mass is 79.9. The van der Waals surface area contributed by atoms with Gasteiger partial charge in [-0.1, -0.05) is 15.9 Å². The lowest BCUT2D eigenvalue weighted by Crippen LogP contribution is -2.42. The van der Waals surface area contributed by atoms with E-state index in [1.54, 1.807) is 12.1 Å². The number of nitrogen functional groups attached to an aromatic ring is 1. The number of nitrogens with two attached hydrogens (primary N) is 2. The average Bonchev–Trinajstić information content (AvgIpc) is 3.54. The number of rotatable bonds is 5. The number of anilines is 1. The summed E-state index contributed by atoms with van der Waals surface area (Å²) in [6.45, 7) is 0. The predicted molar refractivity (Wildman–Crippen MR) is 121 cm³/mol. The highest BCUT2D eigenvalue weighted by Gasteiger charge is 2.49. The molecule has 5 N–H and O–H groups in total. The van der Waals surface area contributed by atoms with Crippen LogP contribution in [0.4, 0.5) is 19.1 Å². The second-order valence-corrected chi connectivity index (χ2v) is 8.80. The number of alkyl halides is 3. The number of primary amides is 1. The molecule has 1 aliphatic carbocycles. The van der Waals surface area contributed by atoms with E-state index in [-0.39, 0.29) is 17.0 Å². The third-order valence-electron chi connectivity index (χ3n) is 5.72. The molecule has 1 fully saturated rings. The molecule has 1 amide bonds. The van der Waals surface area contributed by atoms with E-state index in [0.717, 1.165) is 0 Å². The van der Waals surface area contributed by atoms with Gasteiger partial charge in [0.1, 0.15) is 6.04 Å². The van der Waals surface area contributed by atoms with E-state index < -0.39 is 24.0 Å². The van der Waals surface area contributed by atoms with E-state index in [1.165, 1.54) is 29.5 Å². The Morgan fingerprint density at radius 2 is 1.85 bits per heavy atom. The number of carbonyl (C=O) groups excluding carboxylic acids is 1. The Balaban J connectivity index is 1.81. The third-order valence-corrected chi connectivity index (χ3v) is 6.38. The van der Waals surface area contributed by atoms with Gasteiger partial charge in [0.15, 0.2) is 0 Å². The lowest BCUT2D eigenvalue weighted by molar-refractivity contribution is -0.148. The summed E-state index contributed by atoms with van der Waals surface area (Å²) in [7, 11) is 0. The number of amides is 1. The van der Waals surface area contributed by atoms with Gasteiger partial charge in [0, 0.05) is 51.2 Å². The fraction of sp³-hybridized carbons (Fsp3) is 0.238. The first-order valence-corrected chi connectivity index (χ1v) is 10.8. The van der Waals surface area contributed by atoms with Crippen LogP contribution >= 0.6 is 15.9 Å². The largest absolute Gasteiger partial charge is 0.410 e. The van der Waals surface area contributed by atoms with Crippen molar-refractivity contribution in [2.75, 3.05) is 11.2 Å². The second kappa shape index (κ2) is 7.58. The van der Waals surface area contributed by atoms with Crippen LogP contribution in [0, 0.1) is 5.92 Å². The summed E-state index contributed by atoms with van der Waals surface area (Å²) >= 11 is 3.52. The Labute approximate surface area is 193 Å². The smallest absolute Gasteiger partial charge is 0.368 e. The second-order valence-electron chi connectivity index (χ2n) is 7.95. The third kappa shape index (κ3) is 3.73. The molecule has 3 aromatic heterocycles. The maximum absolute atomic E-state index is 13.9. The quantitative estimate of drug-likeness (QED) is 0.366. The summed E-state index contributed by atoms with van der Waals surface area (Å²) in [5.41, 5.74) is 15.7. The van der Waals surface area contributed by atoms with Crippen LogP contribution in [-0.4, -0.2) is 37.8 Å². The summed E-state index contributed by atoms with van der Waals surface area (Å²) in [6, 6.07) is 1.68. The highest BCUT2D eigenvalue weighted by Crippen LogP contribution is 2.42. The van der Waals surface area contributed by atoms with Crippen molar-refractivity contribution in [2.45, 2.75) is 25.1 Å². The molecule has 3 heterocycles. The molecule has 1 atom stereocenters. The van der Waals surface area contributed by atoms with Crippen LogP contribution in [0.25, 0.3) is 32.9 Å². The molecule has 0 saturated heterocycles. The van der Waals surface area contributed by atoms with Crippen molar-refractivity contribution in [2.24, 2.45) is 11.7 Å². The summed E-state index contributed by atoms with van der Waals surface area (Å²) in [6.07, 6.45) is 2.26. The van der Waals surface area contributed by atoms with E-state index in [0.29, 0.717) is 44.7 Å². The first-order valence-electron chi connectivity index (χ1n) is 9.97. The molecule has 1 saturated carbocycles. The van der Waals surface area contributed by atoms with Gasteiger partial charge in [-0.05, 0) is 30.9 Å². The van der Waals surface area contributed by atoms with Crippen molar-refractivity contribution in [1.82, 2.24) is 19.6 Å². The van der Waals surface area contributed by atoms with Crippen LogP contribution in [0.5, 0.6) is 0 Å². The Bertz CT molecular complexity index is 1400. The Morgan fingerprint density at radius 3 is 2.45 bits per heavy atom. The monoisotopic (exact) mass is 519 g/mol. The van der Waals surface area contributed by atoms with Gasteiger partial charge in [-0.2, -0.15) is 13.2 Å². The Kier molecular flexibility index (Phi) is 4.92. The number of aromatic nitrogens is 4. The number of fused-ring (bicyclic) bond motifs is 3. The summed E-state index contributed by atoms with van der Waals surface area (Å²) in [4.78, 5) is 24.2. The fourth-order valence-electron chi connectivity index (χ4n) is 4.00. The van der Waals surface area contributed by atoms with Crippen molar-refractivity contribution in [1.29, 1.82) is 0 Å². The number of pyridine rings is 1. The topological polar surface area (TPSA) is 125 Å². The number of benzene rings is 1. The normalized spacial score (nSPS) is 15.2. The zero-order valence-corrected chi connectivity index (χ0v) is 18.5. The van der Waals surface area contributed by atoms with Crippen LogP contribution in [0.2, 0.25) is 0 Å². The van der Waals surface area contributed by atoms with E-state index >= 15 is 0 Å². The molecule has 1 aliphatic rings. The van der Waals surface area contributed by atoms with Gasteiger partial charge < -0.3 is 16.9 Å². The minimum atomic E-state index is -4.48. The first-order chi connectivity index (χ1) is 15.6. The SMILES string of the molecule is NC(=O)c1cncc2c3cc(Br)c(-c4cnc(N)nc4)cc3n(N[C@H](C3CC3)C(F)(F)F)c12. The molecule has 5 rings (SSSR count). The number of carbonyl (C=O) groups is 1. The van der Waals surface area contributed by atoms with E-state index in [4.69, 9.17) is 11.5 Å². The highest BCUT2D eigenvalue weighted by molar-refractivity contribution is 9.10. The summed E-state index contributed by atoms with van der Waals surface area (Å²) < 4.78 is 43.6. The summed E-state index contributed by atoms with van der Waals surface area (Å²) in [5.74, 6) is -1.24. The van der Waals surface area contributed by atoms with Gasteiger partial charge in [-0.15, -0.1) is 0 Å². The molecule has 0 radical (unpaired) electrons. The lowest BCUT2D eigenvalue weighted by atomic mass is 10.1. The van der Waals surface area contributed by atoms with Crippen LogP contribution in [0.3, 0.4) is 0 Å². The van der Waals surface area contributed by atoms with E-state index in [9.17, 15) is 18.0 Å². The van der Waals surface area contributed by atoms with Crippen molar-refractivity contribution < 1.29 is 18.0 Å². The number of nitrogens with one attached hydrogen (secondary N) is 1. The zero-order chi connectivity index (χ0) is 23.5. The fourth-order valence-corrected chi connectivity index (χ4v) is 4.57. The van der Waals surface area contributed by atoms with Gasteiger partial charge in [-0.3, -0.25) is 14.5 Å². The molecule has 0 aliphatic heterocycles. The molecule has 0 bridgehead atoms. The average molecular weight is 520 g/mol. The van der Waals surface area contributed by atoms with Gasteiger partial charge in [-0.25, -0.2) is 9.97 Å². The lowest BCUT2D eigenvalue weighted by Gasteiger charge is -2.24. The maximum Gasteiger partial charge on any atom is 0.410 e. The molecular formula is C21H17BrF3N7O. The van der Waals surface area contributed by atoms with Gasteiger partial charge in [0.2, 0.25) is 5.95 Å². The van der Waals surface area contributed by atoms with Crippen LogP contribution in [-0.2, 0) is 0 Å². The minimum Gasteiger partial charge on any atom is -0.368 e. The van der Waals surface area contributed by atoms with E-state index in [1.807, 2.05) is 0 Å². The minimum absolute atomic E-state index is 0.0152. The number of hydrogen-bond acceptors (Lipinski definition) is 6. The molecule has 12 heteroatoms. The molecule has 0 spiro atoms. The standard InChI is InChI=1S/C21H17BrF3N7O/c22-15-3-12-13-7-28-8-14(19(26)33)17(13)32(31-18(9-1-2-9)21(23,24)25)16(12)4-11(15)10-5-29-20(27)30-6-10/h3-9,18,31H,1-2H2,(H2,26,33)(H2,27,29,30)/t18-/m1/s1. The Morgan fingerprint density at radius 1 is 1.15 bits per heavy atom. The van der Waals surface area contributed by atoms with Gasteiger partial charge >= 0.3 is 6.18 Å². The van der Waals surface area contributed by atoms with Crippen molar-refractivity contribution in [3.05, 3.63) is 47.0 Å². The van der Waals surface area contributed by atoms with Gasteiger partial charge in [0.25, 0.3) is 5.91 Å². The summed E-state index contributed by atoms with van der Waals surface area (Å²) in [5, 5.41) is 1.09. The maximum atomic E-state index is 13.9. The first kappa shape index (κ1) is 21.4. The van der Waals surface area contributed by atoms with Crippen LogP contribution in [0.15, 0.2) is 41.4 Å². The van der Waals surface area contributed by atoms with Crippen LogP contribution < -0.4 is 16.9 Å². The van der Waals surface area contributed by atoms with E-state index in [2.05, 4.69) is 36.3 Å². The Hall–Kier alpha value is -3.41. The molecule has 0 unspecified atom stereocenters. The number of nitrogens with zero attached hydrogens (tertiary/aromatic N) is 4. The molecule has 8 nitrogen and oxygen atoms in total. The van der Waals surface area contributed by atoms with Gasteiger partial charge in [0.05, 0.1) is 16.6 Å². The zero-order valence-electron chi connectivity index (χ0n) is 16.9. The molecular weight excluding hydrogens is 503 g/mol. The molecule has 33 heavy (non-hydrogen) atoms. The number of hydrogen-bond donors (Lipinski definition) is 3. The molecule has 1 aromatic carbocycles. The van der Waals surface area contributed by atoms with Crippen LogP contribution in [0.1, 0.15) is 23.2 Å². The predicted octanol–water partition coefficient (Wildman–Crippen LogP) is 3.97. The molecule has 4 aromatic rings. The molecule has 170 valence electrons. The van der Waals surface area contributed by atoms with Crippen molar-refractivity contribution >= 4 is 49.6 Å². The van der Waals surface area contributed by atoms with Crippen molar-refractivity contribution in [3.8, 4) is 11.1 Å². The number of halogens is 4. The van der Waals surface area contributed by atoms with Crippen molar-refractivity contribution in [3.63, 3.8) is 0 Å².